The van der Waals surface area contributed by atoms with Crippen molar-refractivity contribution in [2.24, 2.45) is 0 Å². The highest BCUT2D eigenvalue weighted by atomic mass is 35.5. The minimum absolute atomic E-state index is 0.00214. The monoisotopic (exact) mass is 448 g/mol. The number of halogens is 2. The zero-order valence-electron chi connectivity index (χ0n) is 17.5. The van der Waals surface area contributed by atoms with Gasteiger partial charge in [-0.05, 0) is 49.6 Å². The third-order valence-electron chi connectivity index (χ3n) is 5.90. The van der Waals surface area contributed by atoms with Gasteiger partial charge in [0.2, 0.25) is 5.28 Å². The number of amides is 1. The molecule has 1 amide bonds. The van der Waals surface area contributed by atoms with Crippen molar-refractivity contribution >= 4 is 46.3 Å². The number of anilines is 3. The van der Waals surface area contributed by atoms with Crippen molar-refractivity contribution < 1.29 is 4.79 Å². The molecule has 1 aromatic heterocycles. The first-order chi connectivity index (χ1) is 14.3. The molecule has 1 N–H and O–H groups in total. The topological polar surface area (TPSA) is 64.6 Å². The first kappa shape index (κ1) is 21.2. The van der Waals surface area contributed by atoms with Crippen LogP contribution < -0.4 is 10.2 Å². The highest BCUT2D eigenvalue weighted by Crippen LogP contribution is 2.36. The summed E-state index contributed by atoms with van der Waals surface area (Å²) in [6, 6.07) is 4.58. The summed E-state index contributed by atoms with van der Waals surface area (Å²) in [7, 11) is 1.83. The Bertz CT molecular complexity index is 959. The Hall–Kier alpha value is -2.09. The van der Waals surface area contributed by atoms with Gasteiger partial charge in [-0.25, -0.2) is 4.98 Å². The van der Waals surface area contributed by atoms with Gasteiger partial charge in [0, 0.05) is 51.5 Å². The summed E-state index contributed by atoms with van der Waals surface area (Å²) < 4.78 is 0. The fourth-order valence-electron chi connectivity index (χ4n) is 4.15. The maximum atomic E-state index is 13.1. The number of fused-ring (bicyclic) bond motifs is 1. The number of nitrogens with one attached hydrogen (secondary N) is 1. The number of hydrogen-bond donors (Lipinski definition) is 1. The number of piperazine rings is 1. The van der Waals surface area contributed by atoms with Crippen LogP contribution in [-0.2, 0) is 6.42 Å². The van der Waals surface area contributed by atoms with Gasteiger partial charge in [0.1, 0.15) is 5.02 Å². The first-order valence-corrected chi connectivity index (χ1v) is 11.0. The summed E-state index contributed by atoms with van der Waals surface area (Å²) in [6.45, 7) is 9.12. The van der Waals surface area contributed by atoms with Gasteiger partial charge in [0.05, 0.1) is 17.4 Å². The molecule has 30 heavy (non-hydrogen) atoms. The molecule has 2 aliphatic heterocycles. The molecule has 1 aromatic carbocycles. The molecule has 4 rings (SSSR count). The number of hydrogen-bond acceptors (Lipinski definition) is 6. The van der Waals surface area contributed by atoms with Crippen molar-refractivity contribution in [3.05, 3.63) is 39.8 Å². The Morgan fingerprint density at radius 1 is 1.10 bits per heavy atom. The Morgan fingerprint density at radius 2 is 1.83 bits per heavy atom. The SMILES string of the molecule is CC(C)N1CCN(c2ccc(Nc3nc(Cl)ncc3Cl)c3c2CCN(C)C3=O)CC1. The van der Waals surface area contributed by atoms with Gasteiger partial charge in [-0.3, -0.25) is 9.69 Å². The van der Waals surface area contributed by atoms with Crippen LogP contribution >= 0.6 is 23.2 Å². The number of carbonyl (C=O) groups excluding carboxylic acids is 1. The molecule has 0 atom stereocenters. The Kier molecular flexibility index (Phi) is 6.04. The molecule has 9 heteroatoms. The third kappa shape index (κ3) is 4.06. The molecule has 0 bridgehead atoms. The Labute approximate surface area is 187 Å². The van der Waals surface area contributed by atoms with Gasteiger partial charge in [-0.2, -0.15) is 4.98 Å². The summed E-state index contributed by atoms with van der Waals surface area (Å²) in [6.07, 6.45) is 2.26. The first-order valence-electron chi connectivity index (χ1n) is 10.2. The van der Waals surface area contributed by atoms with Crippen LogP contribution in [0.2, 0.25) is 10.3 Å². The lowest BCUT2D eigenvalue weighted by Gasteiger charge is -2.40. The summed E-state index contributed by atoms with van der Waals surface area (Å²) >= 11 is 12.2. The second-order valence-corrected chi connectivity index (χ2v) is 8.79. The van der Waals surface area contributed by atoms with E-state index in [9.17, 15) is 4.79 Å². The second kappa shape index (κ2) is 8.57. The van der Waals surface area contributed by atoms with Crippen molar-refractivity contribution in [2.75, 3.05) is 50.0 Å². The number of rotatable bonds is 4. The van der Waals surface area contributed by atoms with Crippen molar-refractivity contribution in [3.63, 3.8) is 0 Å². The lowest BCUT2D eigenvalue weighted by Crippen LogP contribution is -2.49. The van der Waals surface area contributed by atoms with E-state index >= 15 is 0 Å². The molecule has 0 spiro atoms. The van der Waals surface area contributed by atoms with Crippen LogP contribution in [-0.4, -0.2) is 71.5 Å². The molecule has 7 nitrogen and oxygen atoms in total. The Balaban J connectivity index is 1.70. The molecule has 0 radical (unpaired) electrons. The third-order valence-corrected chi connectivity index (χ3v) is 6.36. The second-order valence-electron chi connectivity index (χ2n) is 8.04. The van der Waals surface area contributed by atoms with E-state index in [1.165, 1.54) is 6.20 Å². The van der Waals surface area contributed by atoms with Gasteiger partial charge in [-0.15, -0.1) is 0 Å². The fourth-order valence-corrected chi connectivity index (χ4v) is 4.42. The van der Waals surface area contributed by atoms with E-state index in [1.807, 2.05) is 13.1 Å². The highest BCUT2D eigenvalue weighted by molar-refractivity contribution is 6.33. The van der Waals surface area contributed by atoms with E-state index in [0.29, 0.717) is 34.7 Å². The van der Waals surface area contributed by atoms with Gasteiger partial charge in [0.25, 0.3) is 5.91 Å². The quantitative estimate of drug-likeness (QED) is 0.719. The molecule has 1 fully saturated rings. The lowest BCUT2D eigenvalue weighted by atomic mass is 9.94. The molecule has 1 saturated heterocycles. The number of benzene rings is 1. The van der Waals surface area contributed by atoms with Crippen LogP contribution in [0.5, 0.6) is 0 Å². The van der Waals surface area contributed by atoms with Gasteiger partial charge < -0.3 is 15.1 Å². The largest absolute Gasteiger partial charge is 0.369 e. The fraction of sp³-hybridized carbons (Fsp3) is 0.476. The zero-order chi connectivity index (χ0) is 21.4. The molecular weight excluding hydrogens is 423 g/mol. The van der Waals surface area contributed by atoms with Crippen LogP contribution in [0, 0.1) is 0 Å². The van der Waals surface area contributed by atoms with Crippen LogP contribution in [0.15, 0.2) is 18.3 Å². The van der Waals surface area contributed by atoms with Crippen molar-refractivity contribution in [1.29, 1.82) is 0 Å². The minimum Gasteiger partial charge on any atom is -0.369 e. The van der Waals surface area contributed by atoms with E-state index in [-0.39, 0.29) is 11.2 Å². The molecule has 2 aliphatic rings. The summed E-state index contributed by atoms with van der Waals surface area (Å²) in [5.74, 6) is 0.385. The molecule has 3 heterocycles. The van der Waals surface area contributed by atoms with Crippen LogP contribution in [0.1, 0.15) is 29.8 Å². The number of carbonyl (C=O) groups is 1. The summed E-state index contributed by atoms with van der Waals surface area (Å²) in [4.78, 5) is 27.8. The molecular formula is C21H26Cl2N6O. The van der Waals surface area contributed by atoms with Crippen LogP contribution in [0.25, 0.3) is 0 Å². The molecule has 0 saturated carbocycles. The summed E-state index contributed by atoms with van der Waals surface area (Å²) in [5, 5.41) is 3.64. The predicted molar refractivity (Wildman–Crippen MR) is 121 cm³/mol. The predicted octanol–water partition coefficient (Wildman–Crippen LogP) is 3.69. The standard InChI is InChI=1S/C21H26Cl2N6O/c1-13(2)28-8-10-29(11-9-28)17-5-4-16(18-14(17)6-7-27(3)20(18)30)25-19-15(22)12-24-21(23)26-19/h4-5,12-13H,6-11H2,1-3H3,(H,24,25,26). The molecule has 2 aromatic rings. The van der Waals surface area contributed by atoms with E-state index < -0.39 is 0 Å². The van der Waals surface area contributed by atoms with Crippen LogP contribution in [0.3, 0.4) is 0 Å². The number of aromatic nitrogens is 2. The minimum atomic E-state index is -0.00214. The van der Waals surface area contributed by atoms with E-state index in [2.05, 4.69) is 45.0 Å². The number of nitrogens with zero attached hydrogens (tertiary/aromatic N) is 5. The van der Waals surface area contributed by atoms with Crippen molar-refractivity contribution in [3.8, 4) is 0 Å². The average Bonchev–Trinajstić information content (AvgIpc) is 2.73. The van der Waals surface area contributed by atoms with E-state index in [0.717, 1.165) is 43.9 Å². The van der Waals surface area contributed by atoms with Gasteiger partial charge in [-0.1, -0.05) is 11.6 Å². The molecule has 0 aliphatic carbocycles. The maximum absolute atomic E-state index is 13.1. The molecule has 0 unspecified atom stereocenters. The lowest BCUT2D eigenvalue weighted by molar-refractivity contribution is 0.0782. The average molecular weight is 449 g/mol. The highest BCUT2D eigenvalue weighted by Gasteiger charge is 2.30. The van der Waals surface area contributed by atoms with Gasteiger partial charge >= 0.3 is 0 Å². The number of likely N-dealkylation sites (N-methyl/N-ethyl adjacent to an activating group) is 1. The smallest absolute Gasteiger partial charge is 0.256 e. The van der Waals surface area contributed by atoms with E-state index in [1.54, 1.807) is 4.90 Å². The maximum Gasteiger partial charge on any atom is 0.256 e. The van der Waals surface area contributed by atoms with Crippen molar-refractivity contribution in [2.45, 2.75) is 26.3 Å². The summed E-state index contributed by atoms with van der Waals surface area (Å²) in [5.41, 5.74) is 3.59. The van der Waals surface area contributed by atoms with Crippen LogP contribution in [0.4, 0.5) is 17.2 Å². The van der Waals surface area contributed by atoms with Gasteiger partial charge in [0.15, 0.2) is 5.82 Å². The molecule has 160 valence electrons. The van der Waals surface area contributed by atoms with Crippen molar-refractivity contribution in [1.82, 2.24) is 19.8 Å². The normalized spacial score (nSPS) is 17.5. The van der Waals surface area contributed by atoms with E-state index in [4.69, 9.17) is 23.2 Å². The Morgan fingerprint density at radius 3 is 2.53 bits per heavy atom. The zero-order valence-corrected chi connectivity index (χ0v) is 19.0.